The molecule has 0 spiro atoms. The molecule has 9 heteroatoms. The van der Waals surface area contributed by atoms with Crippen LogP contribution in [-0.4, -0.2) is 27.1 Å². The molecule has 2 aromatic rings. The summed E-state index contributed by atoms with van der Waals surface area (Å²) in [5.41, 5.74) is 3.26. The minimum absolute atomic E-state index is 0.0175. The molecule has 1 N–H and O–H groups in total. The zero-order valence-electron chi connectivity index (χ0n) is 22.7. The van der Waals surface area contributed by atoms with Gasteiger partial charge in [0.2, 0.25) is 0 Å². The number of carbonyl (C=O) groups is 2. The first-order chi connectivity index (χ1) is 18.2. The van der Waals surface area contributed by atoms with Gasteiger partial charge in [0.15, 0.2) is 23.1 Å². The van der Waals surface area contributed by atoms with Gasteiger partial charge < -0.3 is 14.2 Å². The maximum absolute atomic E-state index is 13.6. The van der Waals surface area contributed by atoms with Crippen molar-refractivity contribution in [1.29, 1.82) is 0 Å². The zero-order valence-corrected chi connectivity index (χ0v) is 25.7. The standard InChI is InChI=1S/C30H32INO6S/c1-29(2)13-20-26(22(33)15-29)25(27-21(32-20)14-30(3,4)16-23(27)34)17-11-19(31)28(24(12-17)37-5)38-39(35,36)18-9-7-6-8-10-18/h6-12,25,32H,13-16H2,1-5H3. The lowest BCUT2D eigenvalue weighted by atomic mass is 9.64. The van der Waals surface area contributed by atoms with Gasteiger partial charge >= 0.3 is 10.1 Å². The van der Waals surface area contributed by atoms with Crippen molar-refractivity contribution in [2.75, 3.05) is 7.11 Å². The molecule has 39 heavy (non-hydrogen) atoms. The van der Waals surface area contributed by atoms with Crippen LogP contribution in [0, 0.1) is 14.4 Å². The molecule has 3 aliphatic rings. The van der Waals surface area contributed by atoms with E-state index in [2.05, 4.69) is 33.0 Å². The Morgan fingerprint density at radius 3 is 1.92 bits per heavy atom. The number of rotatable bonds is 5. The van der Waals surface area contributed by atoms with E-state index >= 15 is 0 Å². The molecule has 7 nitrogen and oxygen atoms in total. The molecule has 0 radical (unpaired) electrons. The number of hydrogen-bond acceptors (Lipinski definition) is 7. The van der Waals surface area contributed by atoms with E-state index in [1.165, 1.54) is 19.2 Å². The lowest BCUT2D eigenvalue weighted by Gasteiger charge is -2.44. The average Bonchev–Trinajstić information content (AvgIpc) is 2.82. The second kappa shape index (κ2) is 9.76. The van der Waals surface area contributed by atoms with Crippen LogP contribution in [0.1, 0.15) is 64.9 Å². The SMILES string of the molecule is COc1cc(C2C3=C(CC(C)(C)CC3=O)NC3=C2C(=O)CC(C)(C)C3)cc(I)c1OS(=O)(=O)c1ccccc1. The topological polar surface area (TPSA) is 98.8 Å². The minimum Gasteiger partial charge on any atom is -0.493 e. The molecule has 206 valence electrons. The summed E-state index contributed by atoms with van der Waals surface area (Å²) >= 11 is 2.02. The molecule has 2 aliphatic carbocycles. The Balaban J connectivity index is 1.65. The summed E-state index contributed by atoms with van der Waals surface area (Å²) in [5.74, 6) is -0.250. The quantitative estimate of drug-likeness (QED) is 0.308. The summed E-state index contributed by atoms with van der Waals surface area (Å²) in [6.45, 7) is 8.32. The van der Waals surface area contributed by atoms with E-state index in [4.69, 9.17) is 8.92 Å². The van der Waals surface area contributed by atoms with Crippen LogP contribution < -0.4 is 14.2 Å². The fourth-order valence-corrected chi connectivity index (χ4v) is 7.82. The van der Waals surface area contributed by atoms with Gasteiger partial charge in [-0.3, -0.25) is 9.59 Å². The van der Waals surface area contributed by atoms with Crippen LogP contribution in [0.25, 0.3) is 0 Å². The van der Waals surface area contributed by atoms with Gasteiger partial charge in [-0.05, 0) is 76.1 Å². The van der Waals surface area contributed by atoms with Crippen LogP contribution in [0.4, 0.5) is 0 Å². The average molecular weight is 662 g/mol. The monoisotopic (exact) mass is 661 g/mol. The van der Waals surface area contributed by atoms with Crippen molar-refractivity contribution < 1.29 is 26.9 Å². The largest absolute Gasteiger partial charge is 0.493 e. The summed E-state index contributed by atoms with van der Waals surface area (Å²) < 4.78 is 37.7. The van der Waals surface area contributed by atoms with Gasteiger partial charge in [-0.15, -0.1) is 0 Å². The first kappa shape index (κ1) is 27.9. The highest BCUT2D eigenvalue weighted by atomic mass is 127. The lowest BCUT2D eigenvalue weighted by Crippen LogP contribution is -2.42. The van der Waals surface area contributed by atoms with Gasteiger partial charge in [0.05, 0.1) is 10.7 Å². The van der Waals surface area contributed by atoms with Gasteiger partial charge in [-0.25, -0.2) is 0 Å². The Bertz CT molecular complexity index is 1500. The third kappa shape index (κ3) is 5.27. The molecule has 5 rings (SSSR count). The third-order valence-electron chi connectivity index (χ3n) is 7.53. The number of hydrogen-bond donors (Lipinski definition) is 1. The minimum atomic E-state index is -4.11. The van der Waals surface area contributed by atoms with E-state index in [1.807, 2.05) is 22.6 Å². The normalized spacial score (nSPS) is 20.8. The van der Waals surface area contributed by atoms with E-state index in [-0.39, 0.29) is 38.8 Å². The molecular weight excluding hydrogens is 629 g/mol. The summed E-state index contributed by atoms with van der Waals surface area (Å²) in [4.78, 5) is 27.3. The fraction of sp³-hybridized carbons (Fsp3) is 0.400. The van der Waals surface area contributed by atoms with Crippen molar-refractivity contribution >= 4 is 44.3 Å². The second-order valence-corrected chi connectivity index (χ2v) is 14.8. The maximum atomic E-state index is 13.6. The number of methoxy groups -OCH3 is 1. The molecule has 0 unspecified atom stereocenters. The summed E-state index contributed by atoms with van der Waals surface area (Å²) in [6.07, 6.45) is 2.16. The van der Waals surface area contributed by atoms with Crippen molar-refractivity contribution in [3.63, 3.8) is 0 Å². The summed E-state index contributed by atoms with van der Waals surface area (Å²) in [5, 5.41) is 3.51. The maximum Gasteiger partial charge on any atom is 0.339 e. The molecule has 0 amide bonds. The number of dihydropyridines is 1. The highest BCUT2D eigenvalue weighted by Gasteiger charge is 2.46. The van der Waals surface area contributed by atoms with Crippen LogP contribution in [0.15, 0.2) is 69.9 Å². The van der Waals surface area contributed by atoms with E-state index in [9.17, 15) is 18.0 Å². The van der Waals surface area contributed by atoms with Crippen LogP contribution in [0.5, 0.6) is 11.5 Å². The molecule has 0 bridgehead atoms. The van der Waals surface area contributed by atoms with E-state index in [0.29, 0.717) is 46.0 Å². The van der Waals surface area contributed by atoms with Gasteiger partial charge in [0, 0.05) is 41.3 Å². The Kier molecular flexibility index (Phi) is 6.98. The van der Waals surface area contributed by atoms with Gasteiger partial charge in [-0.2, -0.15) is 8.42 Å². The van der Waals surface area contributed by atoms with Crippen molar-refractivity contribution in [3.8, 4) is 11.5 Å². The number of nitrogens with one attached hydrogen (secondary N) is 1. The number of benzene rings is 2. The third-order valence-corrected chi connectivity index (χ3v) is 9.57. The molecule has 1 aliphatic heterocycles. The number of Topliss-reactive ketones (excluding diaryl/α,β-unsaturated/α-hetero) is 2. The molecule has 1 heterocycles. The Hall–Kier alpha value is -2.66. The van der Waals surface area contributed by atoms with Crippen molar-refractivity contribution in [1.82, 2.24) is 5.32 Å². The predicted octanol–water partition coefficient (Wildman–Crippen LogP) is 6.04. The van der Waals surface area contributed by atoms with E-state index < -0.39 is 16.0 Å². The molecule has 0 aromatic heterocycles. The number of allylic oxidation sites excluding steroid dienone is 4. The van der Waals surface area contributed by atoms with Crippen molar-refractivity contribution in [2.24, 2.45) is 10.8 Å². The molecule has 0 fully saturated rings. The number of ketones is 2. The molecule has 0 saturated heterocycles. The van der Waals surface area contributed by atoms with E-state index in [0.717, 1.165) is 11.4 Å². The first-order valence-corrected chi connectivity index (χ1v) is 15.4. The Labute approximate surface area is 243 Å². The van der Waals surface area contributed by atoms with Crippen LogP contribution in [0.3, 0.4) is 0 Å². The number of ether oxygens (including phenoxy) is 1. The van der Waals surface area contributed by atoms with Crippen molar-refractivity contribution in [2.45, 2.75) is 64.2 Å². The van der Waals surface area contributed by atoms with Gasteiger partial charge in [0.1, 0.15) is 4.90 Å². The highest BCUT2D eigenvalue weighted by molar-refractivity contribution is 14.1. The second-order valence-electron chi connectivity index (χ2n) is 12.1. The first-order valence-electron chi connectivity index (χ1n) is 12.9. The highest BCUT2D eigenvalue weighted by Crippen LogP contribution is 2.52. The molecular formula is C30H32INO6S. The van der Waals surface area contributed by atoms with E-state index in [1.54, 1.807) is 30.3 Å². The number of halogens is 1. The lowest BCUT2D eigenvalue weighted by molar-refractivity contribution is -0.119. The summed E-state index contributed by atoms with van der Waals surface area (Å²) in [7, 11) is -2.67. The fourth-order valence-electron chi connectivity index (χ4n) is 5.95. The number of carbonyl (C=O) groups excluding carboxylic acids is 2. The Morgan fingerprint density at radius 1 is 0.872 bits per heavy atom. The van der Waals surface area contributed by atoms with Gasteiger partial charge in [0.25, 0.3) is 0 Å². The smallest absolute Gasteiger partial charge is 0.339 e. The van der Waals surface area contributed by atoms with Gasteiger partial charge in [-0.1, -0.05) is 45.9 Å². The van der Waals surface area contributed by atoms with Crippen LogP contribution in [0.2, 0.25) is 0 Å². The zero-order chi connectivity index (χ0) is 28.3. The summed E-state index contributed by atoms with van der Waals surface area (Å²) in [6, 6.07) is 11.4. The predicted molar refractivity (Wildman–Crippen MR) is 156 cm³/mol. The Morgan fingerprint density at radius 2 is 1.41 bits per heavy atom. The van der Waals surface area contributed by atoms with Crippen LogP contribution >= 0.6 is 22.6 Å². The molecule has 0 atom stereocenters. The van der Waals surface area contributed by atoms with Crippen molar-refractivity contribution in [3.05, 3.63) is 74.1 Å². The molecule has 2 aromatic carbocycles. The molecule has 0 saturated carbocycles. The van der Waals surface area contributed by atoms with Crippen LogP contribution in [-0.2, 0) is 19.7 Å².